The fourth-order valence-electron chi connectivity index (χ4n) is 4.11. The molecule has 37 heavy (non-hydrogen) atoms. The normalized spacial score (nSPS) is 12.3. The van der Waals surface area contributed by atoms with Gasteiger partial charge in [0, 0.05) is 19.6 Å². The topological polar surface area (TPSA) is 78.9 Å². The van der Waals surface area contributed by atoms with Crippen molar-refractivity contribution in [2.24, 2.45) is 0 Å². The Morgan fingerprint density at radius 1 is 0.784 bits per heavy atom. The van der Waals surface area contributed by atoms with Gasteiger partial charge in [0.1, 0.15) is 12.4 Å². The molecule has 0 aromatic heterocycles. The van der Waals surface area contributed by atoms with Crippen molar-refractivity contribution in [1.29, 1.82) is 0 Å². The van der Waals surface area contributed by atoms with Gasteiger partial charge in [-0.2, -0.15) is 0 Å². The van der Waals surface area contributed by atoms with Crippen molar-refractivity contribution in [2.45, 2.75) is 25.8 Å². The third-order valence-electron chi connectivity index (χ3n) is 5.85. The molecular weight excluding hydrogens is 484 g/mol. The number of benzene rings is 4. The second-order valence-electron chi connectivity index (χ2n) is 9.06. The van der Waals surface area contributed by atoms with E-state index < -0.39 is 16.1 Å². The van der Waals surface area contributed by atoms with E-state index >= 15 is 0 Å². The fraction of sp³-hybridized carbons (Fsp3) is 0.200. The number of hydrogen-bond acceptors (Lipinski definition) is 5. The number of anilines is 1. The van der Waals surface area contributed by atoms with Gasteiger partial charge in [-0.1, -0.05) is 97.1 Å². The maximum absolute atomic E-state index is 12.1. The van der Waals surface area contributed by atoms with Crippen molar-refractivity contribution in [2.75, 3.05) is 17.5 Å². The Balaban J connectivity index is 1.54. The van der Waals surface area contributed by atoms with E-state index in [1.165, 1.54) is 0 Å². The molecule has 0 heterocycles. The fourth-order valence-corrected chi connectivity index (χ4v) is 4.67. The van der Waals surface area contributed by atoms with Gasteiger partial charge in [0.15, 0.2) is 0 Å². The third-order valence-corrected chi connectivity index (χ3v) is 6.44. The Morgan fingerprint density at radius 3 is 1.81 bits per heavy atom. The van der Waals surface area contributed by atoms with Crippen LogP contribution in [0, 0.1) is 0 Å². The summed E-state index contributed by atoms with van der Waals surface area (Å²) in [5, 5.41) is 11.2. The first-order valence-corrected chi connectivity index (χ1v) is 14.0. The monoisotopic (exact) mass is 516 g/mol. The zero-order valence-electron chi connectivity index (χ0n) is 20.8. The molecule has 7 heteroatoms. The summed E-state index contributed by atoms with van der Waals surface area (Å²) >= 11 is 0. The number of sulfonamides is 1. The van der Waals surface area contributed by atoms with Crippen LogP contribution >= 0.6 is 0 Å². The Bertz CT molecular complexity index is 1320. The number of hydrogen-bond donors (Lipinski definition) is 2. The molecule has 0 aliphatic rings. The third kappa shape index (κ3) is 8.46. The molecule has 0 fully saturated rings. The highest BCUT2D eigenvalue weighted by molar-refractivity contribution is 7.92. The van der Waals surface area contributed by atoms with Gasteiger partial charge < -0.3 is 9.84 Å². The molecular formula is C30H32N2O4S. The van der Waals surface area contributed by atoms with Crippen molar-refractivity contribution in [3.05, 3.63) is 131 Å². The van der Waals surface area contributed by atoms with Gasteiger partial charge in [-0.15, -0.1) is 0 Å². The minimum Gasteiger partial charge on any atom is -0.487 e. The quantitative estimate of drug-likeness (QED) is 0.265. The van der Waals surface area contributed by atoms with E-state index in [0.717, 1.165) is 22.9 Å². The lowest BCUT2D eigenvalue weighted by atomic mass is 10.1. The van der Waals surface area contributed by atoms with Crippen molar-refractivity contribution in [1.82, 2.24) is 4.90 Å². The number of aliphatic hydroxyl groups is 1. The predicted molar refractivity (Wildman–Crippen MR) is 148 cm³/mol. The zero-order valence-corrected chi connectivity index (χ0v) is 21.6. The average Bonchev–Trinajstić information content (AvgIpc) is 2.89. The second-order valence-corrected chi connectivity index (χ2v) is 10.8. The first kappa shape index (κ1) is 26.4. The molecule has 0 aliphatic heterocycles. The molecule has 192 valence electrons. The molecule has 0 spiro atoms. The molecule has 6 nitrogen and oxygen atoms in total. The van der Waals surface area contributed by atoms with Gasteiger partial charge in [0.05, 0.1) is 18.0 Å². The lowest BCUT2D eigenvalue weighted by molar-refractivity contribution is 0.105. The number of rotatable bonds is 12. The summed E-state index contributed by atoms with van der Waals surface area (Å²) in [5.41, 5.74) is 4.16. The van der Waals surface area contributed by atoms with Crippen LogP contribution in [0.4, 0.5) is 5.69 Å². The largest absolute Gasteiger partial charge is 0.487 e. The van der Waals surface area contributed by atoms with Crippen molar-refractivity contribution < 1.29 is 18.3 Å². The van der Waals surface area contributed by atoms with Gasteiger partial charge in [-0.3, -0.25) is 9.62 Å². The standard InChI is InChI=1S/C30H32N2O4S/c1-37(34,35)31-28-19-27(17-18-30(28)36-23-26-15-9-4-10-16-26)29(33)22-32(20-24-11-5-2-6-12-24)21-25-13-7-3-8-14-25/h2-19,29,31,33H,20-23H2,1H3. The van der Waals surface area contributed by atoms with Crippen LogP contribution in [0.1, 0.15) is 28.4 Å². The first-order chi connectivity index (χ1) is 17.9. The van der Waals surface area contributed by atoms with Crippen LogP contribution in [0.3, 0.4) is 0 Å². The summed E-state index contributed by atoms with van der Waals surface area (Å²) in [7, 11) is -3.55. The van der Waals surface area contributed by atoms with Crippen molar-refractivity contribution in [3.8, 4) is 5.75 Å². The van der Waals surface area contributed by atoms with E-state index in [2.05, 4.69) is 33.9 Å². The maximum atomic E-state index is 12.1. The number of ether oxygens (including phenoxy) is 1. The van der Waals surface area contributed by atoms with E-state index in [1.54, 1.807) is 18.2 Å². The summed E-state index contributed by atoms with van der Waals surface area (Å²) in [4.78, 5) is 2.18. The predicted octanol–water partition coefficient (Wildman–Crippen LogP) is 5.37. The van der Waals surface area contributed by atoms with Crippen LogP contribution in [0.15, 0.2) is 109 Å². The van der Waals surface area contributed by atoms with Crippen molar-refractivity contribution in [3.63, 3.8) is 0 Å². The van der Waals surface area contributed by atoms with E-state index in [9.17, 15) is 13.5 Å². The maximum Gasteiger partial charge on any atom is 0.229 e. The molecule has 4 rings (SSSR count). The van der Waals surface area contributed by atoms with Gasteiger partial charge >= 0.3 is 0 Å². The number of aliphatic hydroxyl groups excluding tert-OH is 1. The molecule has 2 N–H and O–H groups in total. The van der Waals surface area contributed by atoms with E-state index in [-0.39, 0.29) is 0 Å². The molecule has 0 radical (unpaired) electrons. The number of nitrogens with one attached hydrogen (secondary N) is 1. The van der Waals surface area contributed by atoms with Crippen LogP contribution < -0.4 is 9.46 Å². The van der Waals surface area contributed by atoms with Gasteiger partial charge in [-0.05, 0) is 34.4 Å². The van der Waals surface area contributed by atoms with Crippen LogP contribution in [-0.4, -0.2) is 31.2 Å². The van der Waals surface area contributed by atoms with Crippen molar-refractivity contribution >= 4 is 15.7 Å². The Morgan fingerprint density at radius 2 is 1.30 bits per heavy atom. The Kier molecular flexibility index (Phi) is 8.95. The molecule has 1 unspecified atom stereocenters. The summed E-state index contributed by atoms with van der Waals surface area (Å²) in [6.07, 6.45) is 0.258. The summed E-state index contributed by atoms with van der Waals surface area (Å²) < 4.78 is 32.6. The van der Waals surface area contributed by atoms with Crippen LogP contribution in [0.25, 0.3) is 0 Å². The molecule has 1 atom stereocenters. The summed E-state index contributed by atoms with van der Waals surface area (Å²) in [6, 6.07) is 35.0. The Labute approximate surface area is 219 Å². The SMILES string of the molecule is CS(=O)(=O)Nc1cc(C(O)CN(Cc2ccccc2)Cc2ccccc2)ccc1OCc1ccccc1. The average molecular weight is 517 g/mol. The van der Waals surface area contributed by atoms with Gasteiger partial charge in [-0.25, -0.2) is 8.42 Å². The molecule has 4 aromatic carbocycles. The molecule has 0 saturated carbocycles. The highest BCUT2D eigenvalue weighted by atomic mass is 32.2. The lowest BCUT2D eigenvalue weighted by Crippen LogP contribution is -2.28. The smallest absolute Gasteiger partial charge is 0.229 e. The first-order valence-electron chi connectivity index (χ1n) is 12.1. The molecule has 0 saturated heterocycles. The molecule has 0 bridgehead atoms. The highest BCUT2D eigenvalue weighted by Crippen LogP contribution is 2.30. The summed E-state index contributed by atoms with van der Waals surface area (Å²) in [5.74, 6) is 0.399. The molecule has 0 amide bonds. The van der Waals surface area contributed by atoms with Crippen LogP contribution in [0.2, 0.25) is 0 Å². The van der Waals surface area contributed by atoms with E-state index in [0.29, 0.717) is 43.2 Å². The van der Waals surface area contributed by atoms with Gasteiger partial charge in [0.2, 0.25) is 10.0 Å². The minimum atomic E-state index is -3.55. The van der Waals surface area contributed by atoms with E-state index in [4.69, 9.17) is 4.74 Å². The lowest BCUT2D eigenvalue weighted by Gasteiger charge is -2.26. The Hall–Kier alpha value is -3.65. The molecule has 4 aromatic rings. The van der Waals surface area contributed by atoms with E-state index in [1.807, 2.05) is 66.7 Å². The number of nitrogens with zero attached hydrogens (tertiary/aromatic N) is 1. The minimum absolute atomic E-state index is 0.295. The van der Waals surface area contributed by atoms with Crippen LogP contribution in [-0.2, 0) is 29.7 Å². The van der Waals surface area contributed by atoms with Gasteiger partial charge in [0.25, 0.3) is 0 Å². The van der Waals surface area contributed by atoms with Crippen LogP contribution in [0.5, 0.6) is 5.75 Å². The molecule has 0 aliphatic carbocycles. The zero-order chi connectivity index (χ0) is 26.1. The summed E-state index contributed by atoms with van der Waals surface area (Å²) in [6.45, 7) is 1.99. The highest BCUT2D eigenvalue weighted by Gasteiger charge is 2.18. The second kappa shape index (κ2) is 12.5.